The SMILES string of the molecule is Nc1cc(CO)cc(Nc2c3ccccc3nc3c(OCCN(CCCl)CCCl)cccc23)c1. The van der Waals surface area contributed by atoms with Crippen LogP contribution in [0.15, 0.2) is 60.7 Å². The van der Waals surface area contributed by atoms with Gasteiger partial charge in [0.25, 0.3) is 0 Å². The zero-order valence-corrected chi connectivity index (χ0v) is 20.3. The van der Waals surface area contributed by atoms with Crippen molar-refractivity contribution in [1.29, 1.82) is 0 Å². The average molecular weight is 499 g/mol. The second-order valence-electron chi connectivity index (χ2n) is 7.97. The van der Waals surface area contributed by atoms with Gasteiger partial charge in [0.1, 0.15) is 17.9 Å². The van der Waals surface area contributed by atoms with E-state index in [0.717, 1.165) is 58.4 Å². The Hall–Kier alpha value is -2.77. The van der Waals surface area contributed by atoms with E-state index in [-0.39, 0.29) is 6.61 Å². The first-order chi connectivity index (χ1) is 16.6. The van der Waals surface area contributed by atoms with Crippen molar-refractivity contribution in [3.8, 4) is 5.75 Å². The van der Waals surface area contributed by atoms with Gasteiger partial charge in [0, 0.05) is 53.5 Å². The summed E-state index contributed by atoms with van der Waals surface area (Å²) < 4.78 is 6.18. The van der Waals surface area contributed by atoms with Gasteiger partial charge >= 0.3 is 0 Å². The lowest BCUT2D eigenvalue weighted by molar-refractivity contribution is 0.226. The van der Waals surface area contributed by atoms with Gasteiger partial charge in [-0.1, -0.05) is 30.3 Å². The Morgan fingerprint density at radius 3 is 2.47 bits per heavy atom. The highest BCUT2D eigenvalue weighted by Gasteiger charge is 2.14. The van der Waals surface area contributed by atoms with Crippen molar-refractivity contribution < 1.29 is 9.84 Å². The number of pyridine rings is 1. The molecule has 34 heavy (non-hydrogen) atoms. The van der Waals surface area contributed by atoms with Crippen molar-refractivity contribution in [1.82, 2.24) is 9.88 Å². The number of aromatic nitrogens is 1. The fraction of sp³-hybridized carbons (Fsp3) is 0.269. The first-order valence-corrected chi connectivity index (χ1v) is 12.3. The number of aliphatic hydroxyl groups excluding tert-OH is 1. The number of halogens is 2. The van der Waals surface area contributed by atoms with Crippen molar-refractivity contribution in [2.75, 3.05) is 49.1 Å². The van der Waals surface area contributed by atoms with Crippen LogP contribution in [0.2, 0.25) is 0 Å². The lowest BCUT2D eigenvalue weighted by Crippen LogP contribution is -2.32. The fourth-order valence-electron chi connectivity index (χ4n) is 4.02. The third kappa shape index (κ3) is 5.65. The second-order valence-corrected chi connectivity index (χ2v) is 8.73. The number of fused-ring (bicyclic) bond motifs is 2. The van der Waals surface area contributed by atoms with Crippen LogP contribution in [0, 0.1) is 0 Å². The number of rotatable bonds is 11. The minimum atomic E-state index is -0.0833. The lowest BCUT2D eigenvalue weighted by atomic mass is 10.1. The van der Waals surface area contributed by atoms with Crippen molar-refractivity contribution in [3.63, 3.8) is 0 Å². The first-order valence-electron chi connectivity index (χ1n) is 11.2. The zero-order valence-electron chi connectivity index (χ0n) is 18.8. The molecule has 8 heteroatoms. The number of benzene rings is 3. The molecule has 4 N–H and O–H groups in total. The number of hydrogen-bond acceptors (Lipinski definition) is 6. The molecule has 0 radical (unpaired) electrons. The van der Waals surface area contributed by atoms with E-state index >= 15 is 0 Å². The number of nitrogens with zero attached hydrogens (tertiary/aromatic N) is 2. The quantitative estimate of drug-likeness (QED) is 0.146. The average Bonchev–Trinajstić information content (AvgIpc) is 2.84. The maximum Gasteiger partial charge on any atom is 0.145 e. The van der Waals surface area contributed by atoms with Crippen LogP contribution < -0.4 is 15.8 Å². The van der Waals surface area contributed by atoms with E-state index < -0.39 is 0 Å². The van der Waals surface area contributed by atoms with Gasteiger partial charge < -0.3 is 20.9 Å². The van der Waals surface area contributed by atoms with E-state index in [9.17, 15) is 5.11 Å². The van der Waals surface area contributed by atoms with Crippen molar-refractivity contribution in [2.45, 2.75) is 6.61 Å². The molecule has 0 unspecified atom stereocenters. The number of anilines is 3. The monoisotopic (exact) mass is 498 g/mol. The minimum absolute atomic E-state index is 0.0833. The largest absolute Gasteiger partial charge is 0.490 e. The number of nitrogens with one attached hydrogen (secondary N) is 1. The first kappa shape index (κ1) is 24.4. The molecule has 1 aromatic heterocycles. The summed E-state index contributed by atoms with van der Waals surface area (Å²) in [7, 11) is 0. The molecule has 6 nitrogen and oxygen atoms in total. The molecular weight excluding hydrogens is 471 g/mol. The summed E-state index contributed by atoms with van der Waals surface area (Å²) in [6.45, 7) is 2.67. The van der Waals surface area contributed by atoms with Crippen LogP contribution in [0.5, 0.6) is 5.75 Å². The molecule has 0 aliphatic carbocycles. The third-order valence-electron chi connectivity index (χ3n) is 5.61. The highest BCUT2D eigenvalue weighted by molar-refractivity contribution is 6.18. The van der Waals surface area contributed by atoms with Crippen molar-refractivity contribution >= 4 is 62.1 Å². The summed E-state index contributed by atoms with van der Waals surface area (Å²) in [4.78, 5) is 7.10. The molecule has 0 saturated carbocycles. The number of alkyl halides is 2. The number of hydrogen-bond donors (Lipinski definition) is 3. The Morgan fingerprint density at radius 1 is 0.941 bits per heavy atom. The van der Waals surface area contributed by atoms with E-state index in [4.69, 9.17) is 38.7 Å². The van der Waals surface area contributed by atoms with Crippen LogP contribution in [0.4, 0.5) is 17.1 Å². The molecule has 178 valence electrons. The minimum Gasteiger partial charge on any atom is -0.490 e. The van der Waals surface area contributed by atoms with E-state index in [1.54, 1.807) is 6.07 Å². The van der Waals surface area contributed by atoms with Crippen LogP contribution in [0.25, 0.3) is 21.8 Å². The Labute approximate surface area is 209 Å². The molecule has 3 aromatic carbocycles. The highest BCUT2D eigenvalue weighted by Crippen LogP contribution is 2.37. The van der Waals surface area contributed by atoms with Crippen LogP contribution in [0.3, 0.4) is 0 Å². The van der Waals surface area contributed by atoms with Crippen LogP contribution >= 0.6 is 23.2 Å². The third-order valence-corrected chi connectivity index (χ3v) is 5.95. The molecule has 0 aliphatic rings. The van der Waals surface area contributed by atoms with Crippen molar-refractivity contribution in [3.05, 3.63) is 66.2 Å². The van der Waals surface area contributed by atoms with Gasteiger partial charge in [0.15, 0.2) is 0 Å². The van der Waals surface area contributed by atoms with Gasteiger partial charge in [0.2, 0.25) is 0 Å². The van der Waals surface area contributed by atoms with Gasteiger partial charge in [-0.2, -0.15) is 0 Å². The topological polar surface area (TPSA) is 83.6 Å². The Morgan fingerprint density at radius 2 is 1.71 bits per heavy atom. The second kappa shape index (κ2) is 11.6. The molecule has 4 aromatic rings. The zero-order chi connectivity index (χ0) is 23.9. The number of ether oxygens (including phenoxy) is 1. The Kier molecular flexibility index (Phi) is 8.29. The summed E-state index contributed by atoms with van der Waals surface area (Å²) >= 11 is 11.8. The predicted molar refractivity (Wildman–Crippen MR) is 143 cm³/mol. The summed E-state index contributed by atoms with van der Waals surface area (Å²) in [5.74, 6) is 1.82. The maximum absolute atomic E-state index is 9.59. The van der Waals surface area contributed by atoms with Crippen LogP contribution in [-0.4, -0.2) is 53.0 Å². The number of para-hydroxylation sites is 2. The predicted octanol–water partition coefficient (Wildman–Crippen LogP) is 5.36. The van der Waals surface area contributed by atoms with E-state index in [1.165, 1.54) is 0 Å². The molecule has 0 spiro atoms. The molecule has 0 amide bonds. The number of nitrogens with two attached hydrogens (primary N) is 1. The van der Waals surface area contributed by atoms with E-state index in [0.29, 0.717) is 29.8 Å². The van der Waals surface area contributed by atoms with E-state index in [1.807, 2.05) is 54.6 Å². The highest BCUT2D eigenvalue weighted by atomic mass is 35.5. The molecule has 4 rings (SSSR count). The summed E-state index contributed by atoms with van der Waals surface area (Å²) in [5.41, 5.74) is 10.7. The maximum atomic E-state index is 9.59. The Balaban J connectivity index is 1.71. The fourth-order valence-corrected chi connectivity index (χ4v) is 4.50. The van der Waals surface area contributed by atoms with Crippen LogP contribution in [-0.2, 0) is 6.61 Å². The van der Waals surface area contributed by atoms with E-state index in [2.05, 4.69) is 10.2 Å². The van der Waals surface area contributed by atoms with Gasteiger partial charge in [-0.05, 0) is 35.9 Å². The van der Waals surface area contributed by atoms with Crippen LogP contribution in [0.1, 0.15) is 5.56 Å². The standard InChI is InChI=1S/C26H28Cl2N4O2/c27-8-10-32(11-9-28)12-13-34-24-7-3-5-22-25(21-4-1-2-6-23(21)31-26(22)24)30-20-15-18(17-33)14-19(29)16-20/h1-7,14-16,33H,8-13,17,29H2,(H,30,31). The molecule has 0 saturated heterocycles. The Bertz CT molecular complexity index is 1260. The van der Waals surface area contributed by atoms with Crippen molar-refractivity contribution in [2.24, 2.45) is 0 Å². The molecule has 0 atom stereocenters. The molecule has 0 aliphatic heterocycles. The number of aliphatic hydroxyl groups is 1. The molecule has 0 fully saturated rings. The van der Waals surface area contributed by atoms with Gasteiger partial charge in [-0.15, -0.1) is 23.2 Å². The molecular formula is C26H28Cl2N4O2. The normalized spacial score (nSPS) is 11.4. The molecule has 1 heterocycles. The summed E-state index contributed by atoms with van der Waals surface area (Å²) in [5, 5.41) is 15.0. The van der Waals surface area contributed by atoms with Gasteiger partial charge in [-0.25, -0.2) is 4.98 Å². The number of nitrogen functional groups attached to an aromatic ring is 1. The van der Waals surface area contributed by atoms with Gasteiger partial charge in [0.05, 0.1) is 17.8 Å². The summed E-state index contributed by atoms with van der Waals surface area (Å²) in [6.07, 6.45) is 0. The lowest BCUT2D eigenvalue weighted by Gasteiger charge is -2.20. The van der Waals surface area contributed by atoms with Gasteiger partial charge in [-0.3, -0.25) is 4.90 Å². The molecule has 0 bridgehead atoms. The summed E-state index contributed by atoms with van der Waals surface area (Å²) in [6, 6.07) is 19.4. The smallest absolute Gasteiger partial charge is 0.145 e.